The van der Waals surface area contributed by atoms with Crippen molar-refractivity contribution < 1.29 is 32.9 Å². The van der Waals surface area contributed by atoms with E-state index in [1.54, 1.807) is 6.08 Å². The number of nitrogens with zero attached hydrogens (tertiary/aromatic N) is 1. The van der Waals surface area contributed by atoms with Gasteiger partial charge in [-0.3, -0.25) is 13.8 Å². The Morgan fingerprint density at radius 2 is 0.965 bits per heavy atom. The number of hydrogen-bond donors (Lipinski definition) is 3. The molecule has 0 saturated carbocycles. The molecule has 338 valence electrons. The minimum atomic E-state index is -4.31. The monoisotopic (exact) mass is 828 g/mol. The molecule has 0 spiro atoms. The number of phosphoric acid groups is 1. The first-order valence-corrected chi connectivity index (χ1v) is 25.7. The van der Waals surface area contributed by atoms with Crippen LogP contribution in [0, 0.1) is 0 Å². The molecule has 0 radical (unpaired) electrons. The van der Waals surface area contributed by atoms with E-state index in [2.05, 4.69) is 31.3 Å². The zero-order valence-electron chi connectivity index (χ0n) is 38.3. The Kier molecular flexibility index (Phi) is 39.7. The van der Waals surface area contributed by atoms with Gasteiger partial charge in [0.1, 0.15) is 13.2 Å². The van der Waals surface area contributed by atoms with Gasteiger partial charge in [0, 0.05) is 6.42 Å². The zero-order valence-corrected chi connectivity index (χ0v) is 39.2. The highest BCUT2D eigenvalue weighted by molar-refractivity contribution is 7.47. The van der Waals surface area contributed by atoms with Crippen LogP contribution in [0.4, 0.5) is 0 Å². The van der Waals surface area contributed by atoms with E-state index in [0.29, 0.717) is 17.4 Å². The molecule has 0 saturated heterocycles. The van der Waals surface area contributed by atoms with Crippen LogP contribution < -0.4 is 5.32 Å². The third-order valence-corrected chi connectivity index (χ3v) is 11.9. The van der Waals surface area contributed by atoms with Crippen LogP contribution >= 0.6 is 7.82 Å². The predicted molar refractivity (Wildman–Crippen MR) is 245 cm³/mol. The number of hydrogen-bond acceptors (Lipinski definition) is 5. The van der Waals surface area contributed by atoms with Crippen LogP contribution in [0.25, 0.3) is 0 Å². The van der Waals surface area contributed by atoms with Gasteiger partial charge in [0.15, 0.2) is 0 Å². The van der Waals surface area contributed by atoms with Crippen molar-refractivity contribution in [2.45, 2.75) is 238 Å². The van der Waals surface area contributed by atoms with Gasteiger partial charge in [-0.2, -0.15) is 0 Å². The Morgan fingerprint density at radius 3 is 1.39 bits per heavy atom. The van der Waals surface area contributed by atoms with Gasteiger partial charge in [-0.1, -0.05) is 205 Å². The zero-order chi connectivity index (χ0) is 42.1. The highest BCUT2D eigenvalue weighted by Gasteiger charge is 2.27. The van der Waals surface area contributed by atoms with E-state index in [4.69, 9.17) is 9.05 Å². The summed E-state index contributed by atoms with van der Waals surface area (Å²) in [6, 6.07) is -0.838. The molecule has 8 nitrogen and oxygen atoms in total. The van der Waals surface area contributed by atoms with Crippen molar-refractivity contribution in [1.82, 2.24) is 5.32 Å². The number of phosphoric ester groups is 1. The van der Waals surface area contributed by atoms with Crippen molar-refractivity contribution >= 4 is 13.7 Å². The molecule has 0 fully saturated rings. The van der Waals surface area contributed by atoms with Crippen molar-refractivity contribution in [1.29, 1.82) is 0 Å². The first-order chi connectivity index (χ1) is 27.5. The standard InChI is InChI=1S/C48H95N2O6P/c1-6-8-10-12-13-14-15-16-17-18-19-20-21-22-23-24-25-26-27-28-29-30-31-32-33-34-35-36-37-38-40-42-48(52)49-46(47(51)41-39-11-9-7-2)45-56-57(53,54)55-44-43-50(3,4)5/h18-19,39,41,46-47,51H,6-17,20-38,40,42-45H2,1-5H3,(H-,49,52,53,54)/p+1/b19-18-,41-39+. The molecule has 0 aliphatic carbocycles. The Labute approximate surface area is 354 Å². The molecule has 3 N–H and O–H groups in total. The number of rotatable bonds is 44. The second-order valence-electron chi connectivity index (χ2n) is 17.8. The van der Waals surface area contributed by atoms with Gasteiger partial charge in [0.25, 0.3) is 0 Å². The highest BCUT2D eigenvalue weighted by atomic mass is 31.2. The summed E-state index contributed by atoms with van der Waals surface area (Å²) in [6.07, 6.45) is 49.2. The van der Waals surface area contributed by atoms with Gasteiger partial charge in [0.2, 0.25) is 5.91 Å². The van der Waals surface area contributed by atoms with Gasteiger partial charge in [-0.15, -0.1) is 0 Å². The van der Waals surface area contributed by atoms with Crippen LogP contribution in [0.3, 0.4) is 0 Å². The third kappa shape index (κ3) is 42.9. The smallest absolute Gasteiger partial charge is 0.387 e. The Balaban J connectivity index is 3.77. The fourth-order valence-electron chi connectivity index (χ4n) is 7.02. The van der Waals surface area contributed by atoms with Gasteiger partial charge in [-0.05, 0) is 38.5 Å². The molecule has 1 amide bonds. The summed E-state index contributed by atoms with van der Waals surface area (Å²) >= 11 is 0. The number of carbonyl (C=O) groups excluding carboxylic acids is 1. The minimum Gasteiger partial charge on any atom is -0.387 e. The molecule has 0 aliphatic rings. The normalized spacial score (nSPS) is 14.4. The molecular weight excluding hydrogens is 732 g/mol. The molecule has 0 rings (SSSR count). The molecule has 0 aromatic rings. The second kappa shape index (κ2) is 40.4. The molecule has 3 atom stereocenters. The van der Waals surface area contributed by atoms with Gasteiger partial charge >= 0.3 is 7.82 Å². The quantitative estimate of drug-likeness (QED) is 0.0244. The van der Waals surface area contributed by atoms with E-state index in [-0.39, 0.29) is 19.1 Å². The number of aliphatic hydroxyl groups is 1. The summed E-state index contributed by atoms with van der Waals surface area (Å²) in [5.74, 6) is -0.184. The van der Waals surface area contributed by atoms with Crippen molar-refractivity contribution in [2.24, 2.45) is 0 Å². The number of nitrogens with one attached hydrogen (secondary N) is 1. The van der Waals surface area contributed by atoms with Gasteiger partial charge in [-0.25, -0.2) is 4.57 Å². The number of quaternary nitrogens is 1. The number of amides is 1. The van der Waals surface area contributed by atoms with Crippen LogP contribution in [-0.2, 0) is 18.4 Å². The molecule has 0 aromatic carbocycles. The lowest BCUT2D eigenvalue weighted by atomic mass is 10.0. The van der Waals surface area contributed by atoms with Gasteiger partial charge < -0.3 is 19.8 Å². The number of carbonyl (C=O) groups is 1. The fraction of sp³-hybridized carbons (Fsp3) is 0.896. The van der Waals surface area contributed by atoms with E-state index in [0.717, 1.165) is 38.5 Å². The SMILES string of the molecule is CCCC/C=C/C(O)C(COP(=O)(O)OCC[N+](C)(C)C)NC(=O)CCCCCCCCCCCCCCCCCCCCC/C=C\CCCCCCCCCC. The van der Waals surface area contributed by atoms with Crippen LogP contribution in [0.15, 0.2) is 24.3 Å². The molecule has 0 aromatic heterocycles. The largest absolute Gasteiger partial charge is 0.472 e. The van der Waals surface area contributed by atoms with Crippen LogP contribution in [0.1, 0.15) is 226 Å². The number of unbranched alkanes of at least 4 members (excludes halogenated alkanes) is 29. The lowest BCUT2D eigenvalue weighted by Gasteiger charge is -2.25. The summed E-state index contributed by atoms with van der Waals surface area (Å²) in [6.45, 7) is 4.67. The molecule has 9 heteroatoms. The summed E-state index contributed by atoms with van der Waals surface area (Å²) in [4.78, 5) is 22.9. The Bertz CT molecular complexity index is 984. The Morgan fingerprint density at radius 1 is 0.579 bits per heavy atom. The third-order valence-electron chi connectivity index (χ3n) is 10.9. The lowest BCUT2D eigenvalue weighted by Crippen LogP contribution is -2.45. The maximum atomic E-state index is 12.7. The first kappa shape index (κ1) is 56.0. The first-order valence-electron chi connectivity index (χ1n) is 24.2. The van der Waals surface area contributed by atoms with Crippen LogP contribution in [0.2, 0.25) is 0 Å². The second-order valence-corrected chi connectivity index (χ2v) is 19.3. The van der Waals surface area contributed by atoms with E-state index in [1.807, 2.05) is 27.2 Å². The van der Waals surface area contributed by atoms with Crippen molar-refractivity contribution in [2.75, 3.05) is 40.9 Å². The van der Waals surface area contributed by atoms with Crippen molar-refractivity contribution in [3.05, 3.63) is 24.3 Å². The summed E-state index contributed by atoms with van der Waals surface area (Å²) < 4.78 is 23.3. The number of allylic oxidation sites excluding steroid dienone is 3. The van der Waals surface area contributed by atoms with Crippen LogP contribution in [-0.4, -0.2) is 73.4 Å². The van der Waals surface area contributed by atoms with E-state index in [9.17, 15) is 19.4 Å². The number of aliphatic hydroxyl groups excluding tert-OH is 1. The van der Waals surface area contributed by atoms with Crippen molar-refractivity contribution in [3.8, 4) is 0 Å². The van der Waals surface area contributed by atoms with E-state index in [1.165, 1.54) is 167 Å². The fourth-order valence-corrected chi connectivity index (χ4v) is 7.76. The van der Waals surface area contributed by atoms with E-state index >= 15 is 0 Å². The summed E-state index contributed by atoms with van der Waals surface area (Å²) in [5.41, 5.74) is 0. The maximum Gasteiger partial charge on any atom is 0.472 e. The van der Waals surface area contributed by atoms with Crippen molar-refractivity contribution in [3.63, 3.8) is 0 Å². The predicted octanol–water partition coefficient (Wildman–Crippen LogP) is 13.7. The average molecular weight is 828 g/mol. The highest BCUT2D eigenvalue weighted by Crippen LogP contribution is 2.43. The maximum absolute atomic E-state index is 12.7. The lowest BCUT2D eigenvalue weighted by molar-refractivity contribution is -0.870. The molecule has 0 aliphatic heterocycles. The summed E-state index contributed by atoms with van der Waals surface area (Å²) in [7, 11) is 1.57. The molecule has 3 unspecified atom stereocenters. The van der Waals surface area contributed by atoms with E-state index < -0.39 is 20.0 Å². The molecule has 57 heavy (non-hydrogen) atoms. The van der Waals surface area contributed by atoms with Crippen LogP contribution in [0.5, 0.6) is 0 Å². The average Bonchev–Trinajstić information content (AvgIpc) is 3.16. The van der Waals surface area contributed by atoms with Gasteiger partial charge in [0.05, 0.1) is 39.9 Å². The Hall–Kier alpha value is -1.02. The number of likely N-dealkylation sites (N-methyl/N-ethyl adjacent to an activating group) is 1. The molecule has 0 bridgehead atoms. The minimum absolute atomic E-state index is 0.0619. The molecular formula is C48H96N2O6P+. The molecule has 0 heterocycles. The topological polar surface area (TPSA) is 105 Å². The summed E-state index contributed by atoms with van der Waals surface area (Å²) in [5, 5.41) is 13.6.